The van der Waals surface area contributed by atoms with Crippen LogP contribution in [0.25, 0.3) is 0 Å². The van der Waals surface area contributed by atoms with Gasteiger partial charge in [-0.15, -0.1) is 0 Å². The van der Waals surface area contributed by atoms with Crippen molar-refractivity contribution < 1.29 is 14.3 Å². The molecule has 0 aliphatic carbocycles. The van der Waals surface area contributed by atoms with Crippen molar-refractivity contribution in [1.29, 1.82) is 0 Å². The van der Waals surface area contributed by atoms with Crippen molar-refractivity contribution in [2.45, 2.75) is 38.7 Å². The molecule has 1 N–H and O–H groups in total. The van der Waals surface area contributed by atoms with Gasteiger partial charge in [0.05, 0.1) is 6.42 Å². The van der Waals surface area contributed by atoms with Crippen LogP contribution in [0.15, 0.2) is 48.8 Å². The Balaban J connectivity index is 1.36. The van der Waals surface area contributed by atoms with E-state index in [2.05, 4.69) is 39.6 Å². The van der Waals surface area contributed by atoms with E-state index in [0.717, 1.165) is 19.3 Å². The number of anilines is 1. The maximum atomic E-state index is 12.6. The Morgan fingerprint density at radius 1 is 1.14 bits per heavy atom. The van der Waals surface area contributed by atoms with Crippen molar-refractivity contribution in [3.8, 4) is 0 Å². The first-order chi connectivity index (χ1) is 14.1. The molecule has 0 bridgehead atoms. The lowest BCUT2D eigenvalue weighted by Gasteiger charge is -2.33. The number of rotatable bonds is 8. The second kappa shape index (κ2) is 10.5. The average Bonchev–Trinajstić information content (AvgIpc) is 2.75. The predicted octanol–water partition coefficient (Wildman–Crippen LogP) is 2.69. The lowest BCUT2D eigenvalue weighted by Crippen LogP contribution is -2.44. The van der Waals surface area contributed by atoms with Gasteiger partial charge in [0.15, 0.2) is 6.10 Å². The zero-order valence-electron chi connectivity index (χ0n) is 16.8. The molecular weight excluding hydrogens is 368 g/mol. The number of carbonyl (C=O) groups excluding carboxylic acids is 2. The zero-order chi connectivity index (χ0) is 20.5. The highest BCUT2D eigenvalue weighted by Gasteiger charge is 2.28. The summed E-state index contributed by atoms with van der Waals surface area (Å²) in [5, 5.41) is 2.95. The third kappa shape index (κ3) is 6.55. The number of nitrogens with one attached hydrogen (secondary N) is 1. The molecule has 1 atom stereocenters. The molecule has 1 aromatic heterocycles. The fraction of sp³-hybridized carbons (Fsp3) is 0.455. The molecule has 1 fully saturated rings. The minimum absolute atomic E-state index is 0.115. The molecule has 3 rings (SSSR count). The molecule has 7 nitrogen and oxygen atoms in total. The Hall–Kier alpha value is -2.96. The summed E-state index contributed by atoms with van der Waals surface area (Å²) < 4.78 is 5.31. The van der Waals surface area contributed by atoms with Gasteiger partial charge in [0.2, 0.25) is 5.95 Å². The van der Waals surface area contributed by atoms with Crippen molar-refractivity contribution >= 4 is 17.8 Å². The Labute approximate surface area is 171 Å². The molecular formula is C22H28N4O3. The summed E-state index contributed by atoms with van der Waals surface area (Å²) in [4.78, 5) is 34.5. The summed E-state index contributed by atoms with van der Waals surface area (Å²) in [5.41, 5.74) is 1.34. The number of esters is 1. The number of likely N-dealkylation sites (tertiary alicyclic amines) is 1. The van der Waals surface area contributed by atoms with Gasteiger partial charge >= 0.3 is 5.97 Å². The smallest absolute Gasteiger partial charge is 0.308 e. The number of ether oxygens (including phenoxy) is 1. The first kappa shape index (κ1) is 20.8. The van der Waals surface area contributed by atoms with E-state index in [4.69, 9.17) is 4.74 Å². The van der Waals surface area contributed by atoms with E-state index in [0.29, 0.717) is 31.5 Å². The highest BCUT2D eigenvalue weighted by molar-refractivity contribution is 5.83. The molecule has 7 heteroatoms. The number of benzene rings is 1. The number of nitrogens with zero attached hydrogens (tertiary/aromatic N) is 3. The third-order valence-corrected chi connectivity index (χ3v) is 5.13. The highest BCUT2D eigenvalue weighted by Crippen LogP contribution is 2.22. The molecule has 0 saturated carbocycles. The maximum Gasteiger partial charge on any atom is 0.308 e. The van der Waals surface area contributed by atoms with Crippen molar-refractivity contribution in [2.75, 3.05) is 25.0 Å². The van der Waals surface area contributed by atoms with Crippen LogP contribution in [0.3, 0.4) is 0 Å². The van der Waals surface area contributed by atoms with Crippen LogP contribution in [-0.2, 0) is 20.7 Å². The van der Waals surface area contributed by atoms with Gasteiger partial charge < -0.3 is 15.0 Å². The van der Waals surface area contributed by atoms with Gasteiger partial charge in [0, 0.05) is 32.0 Å². The van der Waals surface area contributed by atoms with Gasteiger partial charge in [0.1, 0.15) is 0 Å². The Kier molecular flexibility index (Phi) is 7.55. The van der Waals surface area contributed by atoms with Gasteiger partial charge in [-0.25, -0.2) is 9.97 Å². The predicted molar refractivity (Wildman–Crippen MR) is 110 cm³/mol. The van der Waals surface area contributed by atoms with Crippen molar-refractivity contribution in [2.24, 2.45) is 5.92 Å². The van der Waals surface area contributed by atoms with E-state index in [1.54, 1.807) is 25.4 Å². The summed E-state index contributed by atoms with van der Waals surface area (Å²) in [7, 11) is 0. The Morgan fingerprint density at radius 3 is 2.52 bits per heavy atom. The molecule has 1 amide bonds. The second-order valence-corrected chi connectivity index (χ2v) is 7.34. The lowest BCUT2D eigenvalue weighted by atomic mass is 9.90. The molecule has 0 spiro atoms. The van der Waals surface area contributed by atoms with E-state index < -0.39 is 12.1 Å². The molecule has 1 unspecified atom stereocenters. The molecule has 0 radical (unpaired) electrons. The van der Waals surface area contributed by atoms with Crippen LogP contribution in [0.1, 0.15) is 31.7 Å². The SMILES string of the molecule is CC(OC(=O)CCNc1ncccn1)C(=O)N1CCC(Cc2ccccc2)CC1. The van der Waals surface area contributed by atoms with Crippen molar-refractivity contribution in [1.82, 2.24) is 14.9 Å². The lowest BCUT2D eigenvalue weighted by molar-refractivity contribution is -0.159. The molecule has 29 heavy (non-hydrogen) atoms. The summed E-state index contributed by atoms with van der Waals surface area (Å²) in [6.07, 6.45) is 5.63. The van der Waals surface area contributed by atoms with Crippen LogP contribution in [0.5, 0.6) is 0 Å². The standard InChI is InChI=1S/C22H28N4O3/c1-17(29-20(27)8-13-25-22-23-11-5-12-24-22)21(28)26-14-9-19(10-15-26)16-18-6-3-2-4-7-18/h2-7,11-12,17,19H,8-10,13-16H2,1H3,(H,23,24,25). The van der Waals surface area contributed by atoms with E-state index in [9.17, 15) is 9.59 Å². The van der Waals surface area contributed by atoms with E-state index in [-0.39, 0.29) is 12.3 Å². The quantitative estimate of drug-likeness (QED) is 0.691. The average molecular weight is 396 g/mol. The number of carbonyl (C=O) groups is 2. The molecule has 154 valence electrons. The first-order valence-electron chi connectivity index (χ1n) is 10.1. The monoisotopic (exact) mass is 396 g/mol. The van der Waals surface area contributed by atoms with Crippen LogP contribution in [0.4, 0.5) is 5.95 Å². The fourth-order valence-corrected chi connectivity index (χ4v) is 3.54. The minimum atomic E-state index is -0.763. The zero-order valence-corrected chi connectivity index (χ0v) is 16.8. The minimum Gasteiger partial charge on any atom is -0.452 e. The summed E-state index contributed by atoms with van der Waals surface area (Å²) in [6.45, 7) is 3.43. The summed E-state index contributed by atoms with van der Waals surface area (Å²) in [6, 6.07) is 12.2. The van der Waals surface area contributed by atoms with E-state index in [1.165, 1.54) is 5.56 Å². The number of aromatic nitrogens is 2. The number of piperidine rings is 1. The summed E-state index contributed by atoms with van der Waals surface area (Å²) >= 11 is 0. The number of hydrogen-bond acceptors (Lipinski definition) is 6. The molecule has 1 aromatic carbocycles. The van der Waals surface area contributed by atoms with Gasteiger partial charge in [-0.1, -0.05) is 30.3 Å². The Morgan fingerprint density at radius 2 is 1.83 bits per heavy atom. The van der Waals surface area contributed by atoms with E-state index in [1.807, 2.05) is 11.0 Å². The van der Waals surface area contributed by atoms with Crippen LogP contribution < -0.4 is 5.32 Å². The molecule has 1 saturated heterocycles. The third-order valence-electron chi connectivity index (χ3n) is 5.13. The number of amides is 1. The molecule has 2 aromatic rings. The van der Waals surface area contributed by atoms with Gasteiger partial charge in [-0.2, -0.15) is 0 Å². The molecule has 1 aliphatic rings. The van der Waals surface area contributed by atoms with Gasteiger partial charge in [-0.05, 0) is 43.7 Å². The van der Waals surface area contributed by atoms with Crippen molar-refractivity contribution in [3.63, 3.8) is 0 Å². The topological polar surface area (TPSA) is 84.4 Å². The second-order valence-electron chi connectivity index (χ2n) is 7.34. The van der Waals surface area contributed by atoms with E-state index >= 15 is 0 Å². The van der Waals surface area contributed by atoms with Crippen LogP contribution in [0.2, 0.25) is 0 Å². The highest BCUT2D eigenvalue weighted by atomic mass is 16.5. The van der Waals surface area contributed by atoms with Crippen LogP contribution in [0, 0.1) is 5.92 Å². The fourth-order valence-electron chi connectivity index (χ4n) is 3.54. The van der Waals surface area contributed by atoms with Gasteiger partial charge in [-0.3, -0.25) is 9.59 Å². The van der Waals surface area contributed by atoms with Crippen LogP contribution >= 0.6 is 0 Å². The maximum absolute atomic E-state index is 12.6. The summed E-state index contributed by atoms with van der Waals surface area (Å²) in [5.74, 6) is 0.525. The normalized spacial score (nSPS) is 15.6. The Bertz CT molecular complexity index is 777. The van der Waals surface area contributed by atoms with Gasteiger partial charge in [0.25, 0.3) is 5.91 Å². The molecule has 2 heterocycles. The van der Waals surface area contributed by atoms with Crippen molar-refractivity contribution in [3.05, 3.63) is 54.4 Å². The number of hydrogen-bond donors (Lipinski definition) is 1. The largest absolute Gasteiger partial charge is 0.452 e. The first-order valence-corrected chi connectivity index (χ1v) is 10.1. The van der Waals surface area contributed by atoms with Crippen LogP contribution in [-0.4, -0.2) is 52.5 Å². The molecule has 1 aliphatic heterocycles.